The van der Waals surface area contributed by atoms with E-state index in [2.05, 4.69) is 38.1 Å². The maximum atomic E-state index is 6.36. The van der Waals surface area contributed by atoms with Gasteiger partial charge < -0.3 is 15.2 Å². The van der Waals surface area contributed by atoms with Crippen molar-refractivity contribution in [1.82, 2.24) is 0 Å². The molecule has 0 aromatic heterocycles. The summed E-state index contributed by atoms with van der Waals surface area (Å²) in [7, 11) is 3.32. The fourth-order valence-corrected chi connectivity index (χ4v) is 2.50. The number of rotatable bonds is 6. The highest BCUT2D eigenvalue weighted by molar-refractivity contribution is 5.42. The maximum Gasteiger partial charge on any atom is 0.125 e. The van der Waals surface area contributed by atoms with Crippen LogP contribution in [0.5, 0.6) is 11.5 Å². The Labute approximate surface area is 133 Å². The lowest BCUT2D eigenvalue weighted by molar-refractivity contribution is 0.390. The Morgan fingerprint density at radius 2 is 1.55 bits per heavy atom. The van der Waals surface area contributed by atoms with Gasteiger partial charge in [0.15, 0.2) is 0 Å². The van der Waals surface area contributed by atoms with Crippen molar-refractivity contribution in [2.24, 2.45) is 5.73 Å². The lowest BCUT2D eigenvalue weighted by Crippen LogP contribution is -2.14. The van der Waals surface area contributed by atoms with E-state index in [4.69, 9.17) is 15.2 Å². The van der Waals surface area contributed by atoms with Crippen LogP contribution in [0.15, 0.2) is 42.5 Å². The molecule has 3 heteroatoms. The Morgan fingerprint density at radius 1 is 0.909 bits per heavy atom. The van der Waals surface area contributed by atoms with E-state index in [1.54, 1.807) is 14.2 Å². The fraction of sp³-hybridized carbons (Fsp3) is 0.368. The van der Waals surface area contributed by atoms with Gasteiger partial charge in [0.1, 0.15) is 11.5 Å². The van der Waals surface area contributed by atoms with Crippen molar-refractivity contribution < 1.29 is 9.47 Å². The molecule has 22 heavy (non-hydrogen) atoms. The van der Waals surface area contributed by atoms with Crippen molar-refractivity contribution in [2.75, 3.05) is 14.2 Å². The molecule has 0 bridgehead atoms. The molecular formula is C19H25NO2. The Kier molecular flexibility index (Phi) is 5.45. The number of hydrogen-bond donors (Lipinski definition) is 1. The average Bonchev–Trinajstić information content (AvgIpc) is 2.55. The molecule has 0 aliphatic carbocycles. The molecule has 118 valence electrons. The third kappa shape index (κ3) is 3.80. The molecule has 0 fully saturated rings. The van der Waals surface area contributed by atoms with Gasteiger partial charge in [-0.3, -0.25) is 0 Å². The highest BCUT2D eigenvalue weighted by Gasteiger charge is 2.12. The number of benzene rings is 2. The number of nitrogens with two attached hydrogens (primary N) is 1. The van der Waals surface area contributed by atoms with Gasteiger partial charge in [0.25, 0.3) is 0 Å². The minimum Gasteiger partial charge on any atom is -0.497 e. The molecule has 1 atom stereocenters. The van der Waals surface area contributed by atoms with Crippen LogP contribution in [0.25, 0.3) is 0 Å². The monoisotopic (exact) mass is 299 g/mol. The average molecular weight is 299 g/mol. The second-order valence-electron chi connectivity index (χ2n) is 5.81. The van der Waals surface area contributed by atoms with Crippen LogP contribution >= 0.6 is 0 Å². The summed E-state index contributed by atoms with van der Waals surface area (Å²) in [5, 5.41) is 0. The molecule has 0 heterocycles. The summed E-state index contributed by atoms with van der Waals surface area (Å²) in [6.07, 6.45) is 0.730. The SMILES string of the molecule is COc1ccc(CC(N)c2ccc(C(C)C)cc2)c(OC)c1. The second-order valence-corrected chi connectivity index (χ2v) is 5.81. The third-order valence-electron chi connectivity index (χ3n) is 3.97. The summed E-state index contributed by atoms with van der Waals surface area (Å²) in [4.78, 5) is 0. The quantitative estimate of drug-likeness (QED) is 0.874. The lowest BCUT2D eigenvalue weighted by atomic mass is 9.96. The van der Waals surface area contributed by atoms with Gasteiger partial charge in [-0.05, 0) is 35.1 Å². The molecule has 0 radical (unpaired) electrons. The second kappa shape index (κ2) is 7.32. The minimum atomic E-state index is -0.0523. The van der Waals surface area contributed by atoms with E-state index >= 15 is 0 Å². The van der Waals surface area contributed by atoms with E-state index in [9.17, 15) is 0 Å². The summed E-state index contributed by atoms with van der Waals surface area (Å²) in [5.74, 6) is 2.14. The molecule has 0 saturated carbocycles. The van der Waals surface area contributed by atoms with Crippen molar-refractivity contribution in [1.29, 1.82) is 0 Å². The highest BCUT2D eigenvalue weighted by Crippen LogP contribution is 2.28. The number of ether oxygens (including phenoxy) is 2. The van der Waals surface area contributed by atoms with Crippen LogP contribution in [0.2, 0.25) is 0 Å². The van der Waals surface area contributed by atoms with Crippen molar-refractivity contribution in [3.63, 3.8) is 0 Å². The van der Waals surface area contributed by atoms with Crippen LogP contribution in [0, 0.1) is 0 Å². The summed E-state index contributed by atoms with van der Waals surface area (Å²) in [6.45, 7) is 4.38. The highest BCUT2D eigenvalue weighted by atomic mass is 16.5. The van der Waals surface area contributed by atoms with Crippen molar-refractivity contribution in [3.8, 4) is 11.5 Å². The van der Waals surface area contributed by atoms with Gasteiger partial charge in [0.05, 0.1) is 14.2 Å². The molecule has 0 aliphatic rings. The molecule has 3 nitrogen and oxygen atoms in total. The molecule has 0 aliphatic heterocycles. The number of methoxy groups -OCH3 is 2. The van der Waals surface area contributed by atoms with Crippen molar-refractivity contribution >= 4 is 0 Å². The van der Waals surface area contributed by atoms with Gasteiger partial charge in [0.2, 0.25) is 0 Å². The molecule has 0 saturated heterocycles. The summed E-state index contributed by atoms with van der Waals surface area (Å²) in [5.41, 5.74) is 9.92. The smallest absolute Gasteiger partial charge is 0.125 e. The van der Waals surface area contributed by atoms with E-state index in [0.29, 0.717) is 5.92 Å². The molecular weight excluding hydrogens is 274 g/mol. The van der Waals surface area contributed by atoms with E-state index in [1.807, 2.05) is 18.2 Å². The summed E-state index contributed by atoms with van der Waals surface area (Å²) in [6, 6.07) is 14.3. The predicted octanol–water partition coefficient (Wildman–Crippen LogP) is 4.07. The van der Waals surface area contributed by atoms with Crippen LogP contribution < -0.4 is 15.2 Å². The van der Waals surface area contributed by atoms with Gasteiger partial charge in [0, 0.05) is 12.1 Å². The van der Waals surface area contributed by atoms with Gasteiger partial charge in [-0.25, -0.2) is 0 Å². The maximum absolute atomic E-state index is 6.36. The van der Waals surface area contributed by atoms with E-state index in [0.717, 1.165) is 29.0 Å². The standard InChI is InChI=1S/C19H25NO2/c1-13(2)14-5-7-15(8-6-14)18(20)11-16-9-10-17(21-3)12-19(16)22-4/h5-10,12-13,18H,11,20H2,1-4H3. The first-order valence-corrected chi connectivity index (χ1v) is 7.61. The molecule has 2 aromatic rings. The van der Waals surface area contributed by atoms with Crippen LogP contribution in [-0.4, -0.2) is 14.2 Å². The van der Waals surface area contributed by atoms with Crippen LogP contribution in [-0.2, 0) is 6.42 Å². The molecule has 1 unspecified atom stereocenters. The molecule has 2 N–H and O–H groups in total. The Balaban J connectivity index is 2.15. The molecule has 0 amide bonds. The van der Waals surface area contributed by atoms with Gasteiger partial charge in [-0.2, -0.15) is 0 Å². The third-order valence-corrected chi connectivity index (χ3v) is 3.97. The summed E-state index contributed by atoms with van der Waals surface area (Å²) < 4.78 is 10.7. The van der Waals surface area contributed by atoms with Crippen LogP contribution in [0.3, 0.4) is 0 Å². The summed E-state index contributed by atoms with van der Waals surface area (Å²) >= 11 is 0. The Hall–Kier alpha value is -2.00. The zero-order valence-electron chi connectivity index (χ0n) is 13.8. The van der Waals surface area contributed by atoms with Gasteiger partial charge in [-0.15, -0.1) is 0 Å². The van der Waals surface area contributed by atoms with Crippen LogP contribution in [0.1, 0.15) is 42.5 Å². The first-order valence-electron chi connectivity index (χ1n) is 7.61. The largest absolute Gasteiger partial charge is 0.497 e. The lowest BCUT2D eigenvalue weighted by Gasteiger charge is -2.16. The number of hydrogen-bond acceptors (Lipinski definition) is 3. The Morgan fingerprint density at radius 3 is 2.09 bits per heavy atom. The van der Waals surface area contributed by atoms with E-state index in [1.165, 1.54) is 5.56 Å². The molecule has 0 spiro atoms. The van der Waals surface area contributed by atoms with E-state index < -0.39 is 0 Å². The first-order chi connectivity index (χ1) is 10.5. The topological polar surface area (TPSA) is 44.5 Å². The first kappa shape index (κ1) is 16.4. The fourth-order valence-electron chi connectivity index (χ4n) is 2.50. The van der Waals surface area contributed by atoms with Crippen LogP contribution in [0.4, 0.5) is 0 Å². The normalized spacial score (nSPS) is 12.3. The van der Waals surface area contributed by atoms with Crippen molar-refractivity contribution in [2.45, 2.75) is 32.2 Å². The van der Waals surface area contributed by atoms with Gasteiger partial charge in [-0.1, -0.05) is 44.2 Å². The molecule has 2 rings (SSSR count). The Bertz CT molecular complexity index is 605. The van der Waals surface area contributed by atoms with Gasteiger partial charge >= 0.3 is 0 Å². The minimum absolute atomic E-state index is 0.0523. The zero-order chi connectivity index (χ0) is 16.1. The molecule has 2 aromatic carbocycles. The predicted molar refractivity (Wildman–Crippen MR) is 90.7 cm³/mol. The van der Waals surface area contributed by atoms with Crippen molar-refractivity contribution in [3.05, 3.63) is 59.2 Å². The van der Waals surface area contributed by atoms with E-state index in [-0.39, 0.29) is 6.04 Å². The zero-order valence-corrected chi connectivity index (χ0v) is 13.8.